The van der Waals surface area contributed by atoms with Crippen LogP contribution in [0.2, 0.25) is 0 Å². The number of alkyl halides is 1. The Morgan fingerprint density at radius 3 is 2.67 bits per heavy atom. The first kappa shape index (κ1) is 11.0. The van der Waals surface area contributed by atoms with Gasteiger partial charge in [-0.1, -0.05) is 25.7 Å². The summed E-state index contributed by atoms with van der Waals surface area (Å²) in [5.74, 6) is 0.691. The van der Waals surface area contributed by atoms with Crippen molar-refractivity contribution in [2.75, 3.05) is 5.88 Å². The summed E-state index contributed by atoms with van der Waals surface area (Å²) in [6.07, 6.45) is 13.2. The Labute approximate surface area is 96.6 Å². The van der Waals surface area contributed by atoms with Crippen LogP contribution in [0.4, 0.5) is 0 Å². The molecule has 3 heteroatoms. The van der Waals surface area contributed by atoms with Crippen molar-refractivity contribution in [3.05, 3.63) is 18.0 Å². The van der Waals surface area contributed by atoms with Gasteiger partial charge in [0.25, 0.3) is 0 Å². The van der Waals surface area contributed by atoms with Gasteiger partial charge in [-0.15, -0.1) is 11.6 Å². The van der Waals surface area contributed by atoms with Crippen LogP contribution in [0, 0.1) is 0 Å². The maximum absolute atomic E-state index is 5.72. The number of hydrogen-bond donors (Lipinski definition) is 0. The summed E-state index contributed by atoms with van der Waals surface area (Å²) in [6.45, 7) is 0. The normalized spacial score (nSPS) is 19.0. The van der Waals surface area contributed by atoms with Gasteiger partial charge in [0.15, 0.2) is 0 Å². The third-order valence-corrected chi connectivity index (χ3v) is 3.43. The van der Waals surface area contributed by atoms with Gasteiger partial charge in [-0.3, -0.25) is 4.68 Å². The van der Waals surface area contributed by atoms with Crippen LogP contribution in [0.5, 0.6) is 0 Å². The summed E-state index contributed by atoms with van der Waals surface area (Å²) >= 11 is 5.72. The maximum atomic E-state index is 5.72. The van der Waals surface area contributed by atoms with Crippen molar-refractivity contribution in [2.24, 2.45) is 0 Å². The highest BCUT2D eigenvalue weighted by molar-refractivity contribution is 6.17. The number of halogens is 1. The van der Waals surface area contributed by atoms with Crippen molar-refractivity contribution in [1.82, 2.24) is 9.78 Å². The number of rotatable bonds is 3. The topological polar surface area (TPSA) is 17.8 Å². The summed E-state index contributed by atoms with van der Waals surface area (Å²) in [7, 11) is 0. The lowest BCUT2D eigenvalue weighted by molar-refractivity contribution is 0.405. The predicted molar refractivity (Wildman–Crippen MR) is 63.4 cm³/mol. The molecular weight excluding hydrogens is 208 g/mol. The molecule has 15 heavy (non-hydrogen) atoms. The second kappa shape index (κ2) is 5.55. The van der Waals surface area contributed by atoms with Crippen LogP contribution in [0.15, 0.2) is 12.4 Å². The summed E-state index contributed by atoms with van der Waals surface area (Å²) in [5, 5.41) is 4.46. The molecule has 0 aromatic carbocycles. The van der Waals surface area contributed by atoms with Gasteiger partial charge in [-0.05, 0) is 24.8 Å². The predicted octanol–water partition coefficient (Wildman–Crippen LogP) is 3.56. The van der Waals surface area contributed by atoms with E-state index in [2.05, 4.69) is 16.0 Å². The van der Waals surface area contributed by atoms with E-state index in [-0.39, 0.29) is 0 Å². The molecular formula is C12H19ClN2. The van der Waals surface area contributed by atoms with Crippen LogP contribution in [-0.4, -0.2) is 15.7 Å². The summed E-state index contributed by atoms with van der Waals surface area (Å²) in [5.41, 5.74) is 1.27. The third kappa shape index (κ3) is 2.97. The number of hydrogen-bond acceptors (Lipinski definition) is 1. The molecule has 1 fully saturated rings. The highest BCUT2D eigenvalue weighted by Crippen LogP contribution is 2.26. The maximum Gasteiger partial charge on any atom is 0.0522 e. The summed E-state index contributed by atoms with van der Waals surface area (Å²) in [6, 6.07) is 0.636. The minimum Gasteiger partial charge on any atom is -0.269 e. The minimum absolute atomic E-state index is 0.636. The van der Waals surface area contributed by atoms with E-state index in [1.54, 1.807) is 0 Å². The fourth-order valence-electron chi connectivity index (χ4n) is 2.34. The molecule has 0 saturated heterocycles. The minimum atomic E-state index is 0.636. The smallest absolute Gasteiger partial charge is 0.0522 e. The second-order valence-electron chi connectivity index (χ2n) is 4.41. The van der Waals surface area contributed by atoms with Crippen molar-refractivity contribution in [1.29, 1.82) is 0 Å². The Balaban J connectivity index is 2.00. The lowest BCUT2D eigenvalue weighted by Gasteiger charge is -2.14. The van der Waals surface area contributed by atoms with Crippen molar-refractivity contribution in [3.8, 4) is 0 Å². The molecule has 1 aliphatic rings. The van der Waals surface area contributed by atoms with E-state index >= 15 is 0 Å². The number of aryl methyl sites for hydroxylation is 1. The number of aromatic nitrogens is 2. The molecule has 1 aliphatic carbocycles. The highest BCUT2D eigenvalue weighted by atomic mass is 35.5. The molecule has 0 aliphatic heterocycles. The van der Waals surface area contributed by atoms with E-state index in [0.717, 1.165) is 6.42 Å². The Hall–Kier alpha value is -0.500. The molecule has 1 aromatic heterocycles. The first-order valence-electron chi connectivity index (χ1n) is 5.99. The van der Waals surface area contributed by atoms with E-state index in [4.69, 9.17) is 11.6 Å². The van der Waals surface area contributed by atoms with Gasteiger partial charge in [0, 0.05) is 12.1 Å². The Bertz CT molecular complexity index is 288. The van der Waals surface area contributed by atoms with Crippen LogP contribution < -0.4 is 0 Å². The zero-order valence-electron chi connectivity index (χ0n) is 9.16. The molecule has 0 bridgehead atoms. The average Bonchev–Trinajstić information content (AvgIpc) is 2.53. The quantitative estimate of drug-likeness (QED) is 0.569. The van der Waals surface area contributed by atoms with Crippen molar-refractivity contribution >= 4 is 11.6 Å². The highest BCUT2D eigenvalue weighted by Gasteiger charge is 2.14. The van der Waals surface area contributed by atoms with Crippen LogP contribution in [0.25, 0.3) is 0 Å². The Morgan fingerprint density at radius 1 is 1.27 bits per heavy atom. The Morgan fingerprint density at radius 2 is 2.00 bits per heavy atom. The van der Waals surface area contributed by atoms with Crippen LogP contribution in [-0.2, 0) is 6.42 Å². The van der Waals surface area contributed by atoms with Crippen LogP contribution in [0.1, 0.15) is 50.1 Å². The first-order chi connectivity index (χ1) is 7.40. The van der Waals surface area contributed by atoms with E-state index in [0.29, 0.717) is 11.9 Å². The monoisotopic (exact) mass is 226 g/mol. The molecule has 0 unspecified atom stereocenters. The van der Waals surface area contributed by atoms with Gasteiger partial charge in [0.05, 0.1) is 12.2 Å². The van der Waals surface area contributed by atoms with Crippen LogP contribution in [0.3, 0.4) is 0 Å². The van der Waals surface area contributed by atoms with Crippen molar-refractivity contribution < 1.29 is 0 Å². The van der Waals surface area contributed by atoms with Gasteiger partial charge in [-0.2, -0.15) is 5.10 Å². The zero-order chi connectivity index (χ0) is 10.5. The third-order valence-electron chi connectivity index (χ3n) is 3.24. The molecule has 2 nitrogen and oxygen atoms in total. The molecule has 1 aromatic rings. The lowest BCUT2D eigenvalue weighted by atomic mass is 10.1. The molecule has 2 rings (SSSR count). The van der Waals surface area contributed by atoms with E-state index in [9.17, 15) is 0 Å². The average molecular weight is 227 g/mol. The number of nitrogens with zero attached hydrogens (tertiary/aromatic N) is 2. The lowest BCUT2D eigenvalue weighted by Crippen LogP contribution is -2.08. The summed E-state index contributed by atoms with van der Waals surface area (Å²) in [4.78, 5) is 0. The standard InChI is InChI=1S/C12H19ClN2/c13-8-7-11-9-14-15(10-11)12-5-3-1-2-4-6-12/h9-10,12H,1-8H2. The van der Waals surface area contributed by atoms with E-state index < -0.39 is 0 Å². The fraction of sp³-hybridized carbons (Fsp3) is 0.750. The van der Waals surface area contributed by atoms with Crippen molar-refractivity contribution in [3.63, 3.8) is 0 Å². The largest absolute Gasteiger partial charge is 0.269 e. The zero-order valence-corrected chi connectivity index (χ0v) is 9.92. The summed E-state index contributed by atoms with van der Waals surface area (Å²) < 4.78 is 2.16. The molecule has 84 valence electrons. The van der Waals surface area contributed by atoms with Crippen LogP contribution >= 0.6 is 11.6 Å². The molecule has 1 heterocycles. The molecule has 1 saturated carbocycles. The second-order valence-corrected chi connectivity index (χ2v) is 4.79. The van der Waals surface area contributed by atoms with Gasteiger partial charge < -0.3 is 0 Å². The molecule has 0 amide bonds. The van der Waals surface area contributed by atoms with Gasteiger partial charge >= 0.3 is 0 Å². The van der Waals surface area contributed by atoms with E-state index in [1.807, 2.05) is 6.20 Å². The Kier molecular flexibility index (Phi) is 4.07. The van der Waals surface area contributed by atoms with Gasteiger partial charge in [-0.25, -0.2) is 0 Å². The molecule has 0 N–H and O–H groups in total. The fourth-order valence-corrected chi connectivity index (χ4v) is 2.56. The molecule has 0 spiro atoms. The first-order valence-corrected chi connectivity index (χ1v) is 6.52. The molecule has 0 radical (unpaired) electrons. The molecule has 0 atom stereocenters. The van der Waals surface area contributed by atoms with E-state index in [1.165, 1.54) is 44.1 Å². The SMILES string of the molecule is ClCCc1cnn(C2CCCCCC2)c1. The van der Waals surface area contributed by atoms with Gasteiger partial charge in [0.2, 0.25) is 0 Å². The van der Waals surface area contributed by atoms with Crippen molar-refractivity contribution in [2.45, 2.75) is 51.0 Å². The van der Waals surface area contributed by atoms with Gasteiger partial charge in [0.1, 0.15) is 0 Å².